The number of nitrogens with zero attached hydrogens (tertiary/aromatic N) is 1. The van der Waals surface area contributed by atoms with Crippen molar-refractivity contribution in [1.82, 2.24) is 10.2 Å². The number of anilines is 1. The Kier molecular flexibility index (Phi) is 4.80. The van der Waals surface area contributed by atoms with Crippen LogP contribution in [-0.4, -0.2) is 43.5 Å². The van der Waals surface area contributed by atoms with Gasteiger partial charge in [-0.05, 0) is 58.1 Å². The van der Waals surface area contributed by atoms with Crippen molar-refractivity contribution in [3.63, 3.8) is 0 Å². The van der Waals surface area contributed by atoms with Crippen molar-refractivity contribution in [2.24, 2.45) is 0 Å². The topological polar surface area (TPSA) is 44.4 Å². The molecule has 1 aromatic rings. The number of rotatable bonds is 4. The molecule has 1 saturated heterocycles. The molecule has 0 radical (unpaired) electrons. The first-order valence-corrected chi connectivity index (χ1v) is 7.02. The van der Waals surface area contributed by atoms with E-state index in [0.29, 0.717) is 12.6 Å². The molecule has 1 aliphatic rings. The van der Waals surface area contributed by atoms with Gasteiger partial charge in [-0.2, -0.15) is 0 Å². The number of nitrogens with one attached hydrogen (secondary N) is 2. The maximum absolute atomic E-state index is 11.8. The highest BCUT2D eigenvalue weighted by Crippen LogP contribution is 2.17. The standard InChI is InChI=1S/C15H23N3O/c1-3-16-15(19)12-5-4-6-14(11-12)17-13-7-9-18(2)10-8-13/h4-6,11,13,17H,3,7-10H2,1-2H3,(H,16,19). The van der Waals surface area contributed by atoms with Crippen LogP contribution in [0, 0.1) is 0 Å². The first kappa shape index (κ1) is 13.9. The molecule has 1 amide bonds. The normalized spacial score (nSPS) is 17.2. The van der Waals surface area contributed by atoms with Crippen LogP contribution in [0.25, 0.3) is 0 Å². The van der Waals surface area contributed by atoms with Crippen LogP contribution >= 0.6 is 0 Å². The van der Waals surface area contributed by atoms with Crippen LogP contribution < -0.4 is 10.6 Å². The summed E-state index contributed by atoms with van der Waals surface area (Å²) in [6.45, 7) is 4.85. The highest BCUT2D eigenvalue weighted by atomic mass is 16.1. The number of benzene rings is 1. The summed E-state index contributed by atoms with van der Waals surface area (Å²) in [6, 6.07) is 8.26. The van der Waals surface area contributed by atoms with Crippen LogP contribution in [0.4, 0.5) is 5.69 Å². The second-order valence-electron chi connectivity index (χ2n) is 5.16. The highest BCUT2D eigenvalue weighted by molar-refractivity contribution is 5.95. The van der Waals surface area contributed by atoms with E-state index in [9.17, 15) is 4.79 Å². The molecule has 4 heteroatoms. The van der Waals surface area contributed by atoms with Gasteiger partial charge in [0.1, 0.15) is 0 Å². The van der Waals surface area contributed by atoms with E-state index in [-0.39, 0.29) is 5.91 Å². The average molecular weight is 261 g/mol. The molecule has 0 aromatic heterocycles. The summed E-state index contributed by atoms with van der Waals surface area (Å²) in [7, 11) is 2.16. The van der Waals surface area contributed by atoms with E-state index in [4.69, 9.17) is 0 Å². The van der Waals surface area contributed by atoms with Crippen molar-refractivity contribution in [2.45, 2.75) is 25.8 Å². The van der Waals surface area contributed by atoms with Crippen molar-refractivity contribution in [3.8, 4) is 0 Å². The van der Waals surface area contributed by atoms with E-state index >= 15 is 0 Å². The molecule has 19 heavy (non-hydrogen) atoms. The van der Waals surface area contributed by atoms with Gasteiger partial charge in [0.25, 0.3) is 5.91 Å². The van der Waals surface area contributed by atoms with Gasteiger partial charge in [-0.25, -0.2) is 0 Å². The van der Waals surface area contributed by atoms with Crippen molar-refractivity contribution < 1.29 is 4.79 Å². The highest BCUT2D eigenvalue weighted by Gasteiger charge is 2.16. The predicted octanol–water partition coefficient (Wildman–Crippen LogP) is 1.94. The minimum atomic E-state index is -0.00507. The van der Waals surface area contributed by atoms with Gasteiger partial charge in [-0.15, -0.1) is 0 Å². The molecule has 0 saturated carbocycles. The van der Waals surface area contributed by atoms with E-state index < -0.39 is 0 Å². The molecular formula is C15H23N3O. The number of likely N-dealkylation sites (tertiary alicyclic amines) is 1. The average Bonchev–Trinajstić information content (AvgIpc) is 2.42. The molecule has 104 valence electrons. The van der Waals surface area contributed by atoms with E-state index in [1.807, 2.05) is 31.2 Å². The van der Waals surface area contributed by atoms with Crippen LogP contribution in [0.5, 0.6) is 0 Å². The molecule has 0 aliphatic carbocycles. The van der Waals surface area contributed by atoms with E-state index in [1.54, 1.807) is 0 Å². The Hall–Kier alpha value is -1.55. The van der Waals surface area contributed by atoms with Crippen molar-refractivity contribution >= 4 is 11.6 Å². The fraction of sp³-hybridized carbons (Fsp3) is 0.533. The van der Waals surface area contributed by atoms with Gasteiger partial charge in [-0.3, -0.25) is 4.79 Å². The lowest BCUT2D eigenvalue weighted by Gasteiger charge is -2.30. The van der Waals surface area contributed by atoms with Gasteiger partial charge in [0.2, 0.25) is 0 Å². The predicted molar refractivity (Wildman–Crippen MR) is 78.6 cm³/mol. The zero-order valence-corrected chi connectivity index (χ0v) is 11.8. The van der Waals surface area contributed by atoms with Crippen LogP contribution in [0.3, 0.4) is 0 Å². The van der Waals surface area contributed by atoms with Gasteiger partial charge >= 0.3 is 0 Å². The summed E-state index contributed by atoms with van der Waals surface area (Å²) >= 11 is 0. The summed E-state index contributed by atoms with van der Waals surface area (Å²) in [6.07, 6.45) is 2.31. The zero-order chi connectivity index (χ0) is 13.7. The number of hydrogen-bond donors (Lipinski definition) is 2. The summed E-state index contributed by atoms with van der Waals surface area (Å²) in [5.74, 6) is -0.00507. The Bertz CT molecular complexity index is 425. The molecule has 1 aliphatic heterocycles. The SMILES string of the molecule is CCNC(=O)c1cccc(NC2CCN(C)CC2)c1. The first-order valence-electron chi connectivity index (χ1n) is 7.02. The molecule has 1 fully saturated rings. The van der Waals surface area contributed by atoms with Gasteiger partial charge < -0.3 is 15.5 Å². The fourth-order valence-electron chi connectivity index (χ4n) is 2.40. The lowest BCUT2D eigenvalue weighted by molar-refractivity contribution is 0.0956. The Morgan fingerprint density at radius 3 is 2.79 bits per heavy atom. The Morgan fingerprint density at radius 2 is 2.11 bits per heavy atom. The first-order chi connectivity index (χ1) is 9.19. The summed E-state index contributed by atoms with van der Waals surface area (Å²) in [4.78, 5) is 14.1. The van der Waals surface area contributed by atoms with Gasteiger partial charge in [0.15, 0.2) is 0 Å². The molecule has 2 N–H and O–H groups in total. The molecule has 0 unspecified atom stereocenters. The Labute approximate surface area is 115 Å². The molecule has 1 heterocycles. The molecule has 0 bridgehead atoms. The van der Waals surface area contributed by atoms with Gasteiger partial charge in [0.05, 0.1) is 0 Å². The minimum Gasteiger partial charge on any atom is -0.382 e. The second-order valence-corrected chi connectivity index (χ2v) is 5.16. The van der Waals surface area contributed by atoms with E-state index in [1.165, 1.54) is 0 Å². The summed E-state index contributed by atoms with van der Waals surface area (Å²) < 4.78 is 0. The maximum Gasteiger partial charge on any atom is 0.251 e. The van der Waals surface area contributed by atoms with Crippen molar-refractivity contribution in [2.75, 3.05) is 32.0 Å². The molecule has 2 rings (SSSR count). The smallest absolute Gasteiger partial charge is 0.251 e. The van der Waals surface area contributed by atoms with E-state index in [0.717, 1.165) is 37.2 Å². The van der Waals surface area contributed by atoms with Gasteiger partial charge in [0, 0.05) is 23.8 Å². The zero-order valence-electron chi connectivity index (χ0n) is 11.8. The third-order valence-corrected chi connectivity index (χ3v) is 3.55. The number of amides is 1. The number of hydrogen-bond acceptors (Lipinski definition) is 3. The van der Waals surface area contributed by atoms with Gasteiger partial charge in [-0.1, -0.05) is 6.07 Å². The third kappa shape index (κ3) is 3.96. The Balaban J connectivity index is 1.97. The van der Waals surface area contributed by atoms with Crippen LogP contribution in [0.2, 0.25) is 0 Å². The number of piperidine rings is 1. The second kappa shape index (κ2) is 6.57. The monoisotopic (exact) mass is 261 g/mol. The van der Waals surface area contributed by atoms with Crippen molar-refractivity contribution in [1.29, 1.82) is 0 Å². The van der Waals surface area contributed by atoms with Crippen LogP contribution in [0.15, 0.2) is 24.3 Å². The molecule has 0 atom stereocenters. The molecule has 1 aromatic carbocycles. The molecule has 0 spiro atoms. The maximum atomic E-state index is 11.8. The number of carbonyl (C=O) groups excluding carboxylic acids is 1. The number of carbonyl (C=O) groups is 1. The summed E-state index contributed by atoms with van der Waals surface area (Å²) in [5, 5.41) is 6.36. The minimum absolute atomic E-state index is 0.00507. The fourth-order valence-corrected chi connectivity index (χ4v) is 2.40. The van der Waals surface area contributed by atoms with Crippen molar-refractivity contribution in [3.05, 3.63) is 29.8 Å². The molecular weight excluding hydrogens is 238 g/mol. The molecule has 4 nitrogen and oxygen atoms in total. The lowest BCUT2D eigenvalue weighted by Crippen LogP contribution is -2.36. The van der Waals surface area contributed by atoms with E-state index in [2.05, 4.69) is 22.6 Å². The summed E-state index contributed by atoms with van der Waals surface area (Å²) in [5.41, 5.74) is 1.76. The quantitative estimate of drug-likeness (QED) is 0.870. The largest absolute Gasteiger partial charge is 0.382 e. The third-order valence-electron chi connectivity index (χ3n) is 3.55. The Morgan fingerprint density at radius 1 is 1.37 bits per heavy atom. The van der Waals surface area contributed by atoms with Crippen LogP contribution in [-0.2, 0) is 0 Å². The van der Waals surface area contributed by atoms with Crippen LogP contribution in [0.1, 0.15) is 30.1 Å². The lowest BCUT2D eigenvalue weighted by atomic mass is 10.0.